The van der Waals surface area contributed by atoms with Crippen LogP contribution in [-0.2, 0) is 22.6 Å². The smallest absolute Gasteiger partial charge is 0.325 e. The highest BCUT2D eigenvalue weighted by atomic mass is 35.5. The van der Waals surface area contributed by atoms with Gasteiger partial charge in [0.05, 0.1) is 11.6 Å². The summed E-state index contributed by atoms with van der Waals surface area (Å²) in [6.07, 6.45) is 5.58. The van der Waals surface area contributed by atoms with Gasteiger partial charge in [0.15, 0.2) is 0 Å². The van der Waals surface area contributed by atoms with Crippen LogP contribution in [0.2, 0.25) is 5.02 Å². The summed E-state index contributed by atoms with van der Waals surface area (Å²) in [5.74, 6) is -0.337. The summed E-state index contributed by atoms with van der Waals surface area (Å²) in [4.78, 5) is 26.6. The zero-order valence-electron chi connectivity index (χ0n) is 17.7. The SMILES string of the molecule is CC.CCCCOC(=O)Cn1ccc2cc(N3CCn4ccc(Cl)c4C3=O)ccc21. The first kappa shape index (κ1) is 22.0. The van der Waals surface area contributed by atoms with E-state index in [0.29, 0.717) is 30.4 Å². The Kier molecular flexibility index (Phi) is 7.21. The van der Waals surface area contributed by atoms with Crippen LogP contribution in [0, 0.1) is 0 Å². The van der Waals surface area contributed by atoms with Crippen molar-refractivity contribution < 1.29 is 14.3 Å². The summed E-state index contributed by atoms with van der Waals surface area (Å²) in [5.41, 5.74) is 2.28. The van der Waals surface area contributed by atoms with E-state index >= 15 is 0 Å². The highest BCUT2D eigenvalue weighted by molar-refractivity contribution is 6.34. The molecule has 0 radical (unpaired) electrons. The maximum Gasteiger partial charge on any atom is 0.325 e. The molecule has 160 valence electrons. The molecule has 0 unspecified atom stereocenters. The Morgan fingerprint density at radius 3 is 2.70 bits per heavy atom. The average molecular weight is 430 g/mol. The molecule has 1 amide bonds. The summed E-state index contributed by atoms with van der Waals surface area (Å²) in [6.45, 7) is 7.99. The molecule has 0 saturated heterocycles. The molecule has 3 aromatic rings. The molecule has 3 heterocycles. The highest BCUT2D eigenvalue weighted by Gasteiger charge is 2.28. The molecule has 7 heteroatoms. The van der Waals surface area contributed by atoms with E-state index in [1.165, 1.54) is 0 Å². The second kappa shape index (κ2) is 9.85. The van der Waals surface area contributed by atoms with Gasteiger partial charge in [0, 0.05) is 42.1 Å². The number of hydrogen-bond acceptors (Lipinski definition) is 3. The van der Waals surface area contributed by atoms with Crippen molar-refractivity contribution in [3.05, 3.63) is 53.4 Å². The molecule has 0 aliphatic carbocycles. The van der Waals surface area contributed by atoms with Gasteiger partial charge in [0.1, 0.15) is 12.2 Å². The maximum atomic E-state index is 12.9. The molecule has 1 aliphatic rings. The van der Waals surface area contributed by atoms with Crippen molar-refractivity contribution in [2.24, 2.45) is 0 Å². The number of carbonyl (C=O) groups excluding carboxylic acids is 2. The molecule has 0 fully saturated rings. The molecule has 0 bridgehead atoms. The van der Waals surface area contributed by atoms with Gasteiger partial charge in [0.25, 0.3) is 5.91 Å². The molecule has 0 atom stereocenters. The van der Waals surface area contributed by atoms with Gasteiger partial charge in [0.2, 0.25) is 0 Å². The number of unbranched alkanes of at least 4 members (excludes halogenated alkanes) is 1. The van der Waals surface area contributed by atoms with Gasteiger partial charge in [-0.15, -0.1) is 0 Å². The van der Waals surface area contributed by atoms with Crippen LogP contribution in [-0.4, -0.2) is 34.2 Å². The van der Waals surface area contributed by atoms with E-state index in [-0.39, 0.29) is 18.4 Å². The van der Waals surface area contributed by atoms with Crippen LogP contribution >= 0.6 is 11.6 Å². The van der Waals surface area contributed by atoms with Crippen molar-refractivity contribution in [2.75, 3.05) is 18.1 Å². The normalized spacial score (nSPS) is 13.1. The monoisotopic (exact) mass is 429 g/mol. The highest BCUT2D eigenvalue weighted by Crippen LogP contribution is 2.29. The first-order valence-electron chi connectivity index (χ1n) is 10.5. The molecule has 4 rings (SSSR count). The van der Waals surface area contributed by atoms with Gasteiger partial charge in [-0.3, -0.25) is 9.59 Å². The predicted octanol–water partition coefficient (Wildman–Crippen LogP) is 5.13. The molecular weight excluding hydrogens is 402 g/mol. The van der Waals surface area contributed by atoms with Crippen LogP contribution in [0.15, 0.2) is 42.7 Å². The molecule has 2 aromatic heterocycles. The van der Waals surface area contributed by atoms with Crippen LogP contribution in [0.1, 0.15) is 44.1 Å². The second-order valence-electron chi connectivity index (χ2n) is 6.92. The molecule has 30 heavy (non-hydrogen) atoms. The lowest BCUT2D eigenvalue weighted by atomic mass is 10.2. The van der Waals surface area contributed by atoms with E-state index < -0.39 is 0 Å². The van der Waals surface area contributed by atoms with E-state index in [0.717, 1.165) is 29.4 Å². The minimum atomic E-state index is -0.239. The number of carbonyl (C=O) groups is 2. The number of ether oxygens (including phenoxy) is 1. The number of amides is 1. The van der Waals surface area contributed by atoms with E-state index in [2.05, 4.69) is 6.92 Å². The van der Waals surface area contributed by atoms with Gasteiger partial charge in [-0.25, -0.2) is 0 Å². The van der Waals surface area contributed by atoms with Crippen LogP contribution < -0.4 is 4.90 Å². The van der Waals surface area contributed by atoms with E-state index in [4.69, 9.17) is 16.3 Å². The number of fused-ring (bicyclic) bond motifs is 2. The number of esters is 1. The van der Waals surface area contributed by atoms with E-state index in [9.17, 15) is 9.59 Å². The predicted molar refractivity (Wildman–Crippen MR) is 120 cm³/mol. The van der Waals surface area contributed by atoms with Crippen molar-refractivity contribution in [3.63, 3.8) is 0 Å². The first-order valence-corrected chi connectivity index (χ1v) is 10.9. The number of benzene rings is 1. The van der Waals surface area contributed by atoms with Crippen molar-refractivity contribution in [2.45, 2.75) is 46.7 Å². The summed E-state index contributed by atoms with van der Waals surface area (Å²) in [6, 6.07) is 9.51. The molecule has 0 N–H and O–H groups in total. The fourth-order valence-electron chi connectivity index (χ4n) is 3.55. The van der Waals surface area contributed by atoms with E-state index in [1.807, 2.05) is 59.6 Å². The lowest BCUT2D eigenvalue weighted by Gasteiger charge is -2.28. The Hall–Kier alpha value is -2.73. The molecule has 0 saturated carbocycles. The topological polar surface area (TPSA) is 56.5 Å². The van der Waals surface area contributed by atoms with Crippen LogP contribution in [0.5, 0.6) is 0 Å². The minimum Gasteiger partial charge on any atom is -0.464 e. The Balaban J connectivity index is 0.00000124. The largest absolute Gasteiger partial charge is 0.464 e. The fourth-order valence-corrected chi connectivity index (χ4v) is 3.79. The van der Waals surface area contributed by atoms with Gasteiger partial charge in [-0.1, -0.05) is 38.8 Å². The molecule has 1 aromatic carbocycles. The molecule has 0 spiro atoms. The van der Waals surface area contributed by atoms with E-state index in [1.54, 1.807) is 11.0 Å². The minimum absolute atomic E-state index is 0.0977. The third-order valence-electron chi connectivity index (χ3n) is 5.05. The molecule has 6 nitrogen and oxygen atoms in total. The zero-order chi connectivity index (χ0) is 21.7. The third-order valence-corrected chi connectivity index (χ3v) is 5.36. The number of aromatic nitrogens is 2. The van der Waals surface area contributed by atoms with Gasteiger partial charge in [-0.05, 0) is 36.8 Å². The summed E-state index contributed by atoms with van der Waals surface area (Å²) in [7, 11) is 0. The van der Waals surface area contributed by atoms with Gasteiger partial charge < -0.3 is 18.8 Å². The number of nitrogens with zero attached hydrogens (tertiary/aromatic N) is 3. The summed E-state index contributed by atoms with van der Waals surface area (Å²) >= 11 is 6.18. The zero-order valence-corrected chi connectivity index (χ0v) is 18.5. The Morgan fingerprint density at radius 2 is 1.93 bits per heavy atom. The number of halogens is 1. The lowest BCUT2D eigenvalue weighted by Crippen LogP contribution is -2.40. The summed E-state index contributed by atoms with van der Waals surface area (Å²) < 4.78 is 9.00. The van der Waals surface area contributed by atoms with Crippen LogP contribution in [0.3, 0.4) is 0 Å². The van der Waals surface area contributed by atoms with Crippen molar-refractivity contribution >= 4 is 40.1 Å². The first-order chi connectivity index (χ1) is 14.6. The molecular formula is C23H28ClN3O3. The fraction of sp³-hybridized carbons (Fsp3) is 0.391. The quantitative estimate of drug-likeness (QED) is 0.403. The second-order valence-corrected chi connectivity index (χ2v) is 7.33. The van der Waals surface area contributed by atoms with Crippen molar-refractivity contribution in [3.8, 4) is 0 Å². The number of hydrogen-bond donors (Lipinski definition) is 0. The van der Waals surface area contributed by atoms with Crippen molar-refractivity contribution in [1.29, 1.82) is 0 Å². The number of rotatable bonds is 6. The maximum absolute atomic E-state index is 12.9. The lowest BCUT2D eigenvalue weighted by molar-refractivity contribution is -0.144. The van der Waals surface area contributed by atoms with Gasteiger partial charge in [-0.2, -0.15) is 0 Å². The standard InChI is InChI=1S/C21H22ClN3O3.C2H6/c1-2-3-12-28-19(26)14-24-8-6-15-13-16(4-5-18(15)24)25-11-10-23-9-7-17(22)20(23)21(25)27;1-2/h4-9,13H,2-3,10-12,14H2,1H3;1-2H3. The van der Waals surface area contributed by atoms with Crippen molar-refractivity contribution in [1.82, 2.24) is 9.13 Å². The Morgan fingerprint density at radius 1 is 1.13 bits per heavy atom. The van der Waals surface area contributed by atoms with Gasteiger partial charge >= 0.3 is 5.97 Å². The average Bonchev–Trinajstić information content (AvgIpc) is 3.33. The number of anilines is 1. The van der Waals surface area contributed by atoms with Crippen LogP contribution in [0.4, 0.5) is 5.69 Å². The summed E-state index contributed by atoms with van der Waals surface area (Å²) in [5, 5.41) is 1.45. The molecule has 1 aliphatic heterocycles. The Bertz CT molecular complexity index is 1040. The Labute approximate surface area is 182 Å². The van der Waals surface area contributed by atoms with Crippen LogP contribution in [0.25, 0.3) is 10.9 Å². The third kappa shape index (κ3) is 4.38.